The van der Waals surface area contributed by atoms with Gasteiger partial charge < -0.3 is 15.7 Å². The zero-order chi connectivity index (χ0) is 15.4. The molecular formula is C14H18FN3O3. The van der Waals surface area contributed by atoms with E-state index in [2.05, 4.69) is 0 Å². The van der Waals surface area contributed by atoms with Crippen LogP contribution in [0.3, 0.4) is 0 Å². The Bertz CT molecular complexity index is 550. The predicted octanol–water partition coefficient (Wildman–Crippen LogP) is 0.640. The fraction of sp³-hybridized carbons (Fsp3) is 0.429. The van der Waals surface area contributed by atoms with E-state index in [0.29, 0.717) is 32.6 Å². The van der Waals surface area contributed by atoms with E-state index in [9.17, 15) is 14.0 Å². The number of aliphatic carboxylic acids is 1. The van der Waals surface area contributed by atoms with Gasteiger partial charge in [-0.05, 0) is 24.6 Å². The number of nitrogen functional groups attached to an aromatic ring is 1. The van der Waals surface area contributed by atoms with Crippen LogP contribution >= 0.6 is 0 Å². The molecule has 2 rings (SSSR count). The van der Waals surface area contributed by atoms with Crippen molar-refractivity contribution >= 4 is 17.6 Å². The Morgan fingerprint density at radius 3 is 2.67 bits per heavy atom. The maximum Gasteiger partial charge on any atom is 0.317 e. The lowest BCUT2D eigenvalue weighted by Gasteiger charge is -2.21. The standard InChI is InChI=1S/C14H18FN3O3/c15-11-8-10(2-3-12(11)16)14(21)18-5-1-4-17(6-7-18)9-13(19)20/h2-3,8H,1,4-7,9,16H2,(H,19,20). The van der Waals surface area contributed by atoms with Gasteiger partial charge in [0.2, 0.25) is 0 Å². The molecule has 114 valence electrons. The van der Waals surface area contributed by atoms with Crippen LogP contribution in [0.4, 0.5) is 10.1 Å². The maximum absolute atomic E-state index is 13.4. The number of carbonyl (C=O) groups excluding carboxylic acids is 1. The van der Waals surface area contributed by atoms with E-state index in [-0.39, 0.29) is 23.7 Å². The molecule has 6 nitrogen and oxygen atoms in total. The molecule has 1 saturated heterocycles. The summed E-state index contributed by atoms with van der Waals surface area (Å²) in [5.41, 5.74) is 5.66. The van der Waals surface area contributed by atoms with Gasteiger partial charge in [0, 0.05) is 31.7 Å². The highest BCUT2D eigenvalue weighted by molar-refractivity contribution is 5.94. The molecule has 21 heavy (non-hydrogen) atoms. The van der Waals surface area contributed by atoms with Crippen molar-refractivity contribution < 1.29 is 19.1 Å². The van der Waals surface area contributed by atoms with E-state index < -0.39 is 11.8 Å². The first-order valence-electron chi connectivity index (χ1n) is 6.76. The fourth-order valence-electron chi connectivity index (χ4n) is 2.37. The Morgan fingerprint density at radius 2 is 2.00 bits per heavy atom. The van der Waals surface area contributed by atoms with Crippen LogP contribution in [0.1, 0.15) is 16.8 Å². The third-order valence-corrected chi connectivity index (χ3v) is 3.48. The van der Waals surface area contributed by atoms with Crippen LogP contribution in [0.5, 0.6) is 0 Å². The average Bonchev–Trinajstić information content (AvgIpc) is 2.66. The fourth-order valence-corrected chi connectivity index (χ4v) is 2.37. The number of carboxylic acids is 1. The third kappa shape index (κ3) is 3.91. The minimum Gasteiger partial charge on any atom is -0.480 e. The second-order valence-electron chi connectivity index (χ2n) is 5.05. The van der Waals surface area contributed by atoms with Crippen molar-refractivity contribution in [2.75, 3.05) is 38.5 Å². The highest BCUT2D eigenvalue weighted by Gasteiger charge is 2.21. The molecule has 1 amide bonds. The molecule has 0 aliphatic carbocycles. The van der Waals surface area contributed by atoms with Crippen LogP contribution in [0.25, 0.3) is 0 Å². The lowest BCUT2D eigenvalue weighted by molar-refractivity contribution is -0.138. The predicted molar refractivity (Wildman–Crippen MR) is 75.4 cm³/mol. The van der Waals surface area contributed by atoms with Crippen LogP contribution in [0, 0.1) is 5.82 Å². The molecular weight excluding hydrogens is 277 g/mol. The monoisotopic (exact) mass is 295 g/mol. The number of benzene rings is 1. The molecule has 1 heterocycles. The Morgan fingerprint density at radius 1 is 1.24 bits per heavy atom. The third-order valence-electron chi connectivity index (χ3n) is 3.48. The van der Waals surface area contributed by atoms with Crippen LogP contribution in [0.15, 0.2) is 18.2 Å². The molecule has 3 N–H and O–H groups in total. The van der Waals surface area contributed by atoms with E-state index in [0.717, 1.165) is 6.07 Å². The van der Waals surface area contributed by atoms with Gasteiger partial charge in [0.15, 0.2) is 0 Å². The van der Waals surface area contributed by atoms with Crippen molar-refractivity contribution in [2.45, 2.75) is 6.42 Å². The number of hydrogen-bond acceptors (Lipinski definition) is 4. The Kier molecular flexibility index (Phi) is 4.74. The quantitative estimate of drug-likeness (QED) is 0.799. The molecule has 1 aliphatic heterocycles. The van der Waals surface area contributed by atoms with Crippen molar-refractivity contribution in [3.63, 3.8) is 0 Å². The number of carbonyl (C=O) groups is 2. The molecule has 0 atom stereocenters. The molecule has 1 fully saturated rings. The summed E-state index contributed by atoms with van der Waals surface area (Å²) >= 11 is 0. The summed E-state index contributed by atoms with van der Waals surface area (Å²) in [7, 11) is 0. The number of nitrogens with zero attached hydrogens (tertiary/aromatic N) is 2. The second kappa shape index (κ2) is 6.53. The second-order valence-corrected chi connectivity index (χ2v) is 5.05. The highest BCUT2D eigenvalue weighted by Crippen LogP contribution is 2.15. The van der Waals surface area contributed by atoms with Crippen LogP contribution in [-0.4, -0.2) is 59.5 Å². The summed E-state index contributed by atoms with van der Waals surface area (Å²) < 4.78 is 13.4. The normalized spacial score (nSPS) is 16.5. The SMILES string of the molecule is Nc1ccc(C(=O)N2CCCN(CC(=O)O)CC2)cc1F. The summed E-state index contributed by atoms with van der Waals surface area (Å²) in [6, 6.07) is 4.01. The number of rotatable bonds is 3. The van der Waals surface area contributed by atoms with E-state index in [1.54, 1.807) is 9.80 Å². The average molecular weight is 295 g/mol. The number of carboxylic acid groups (broad SMARTS) is 1. The van der Waals surface area contributed by atoms with Gasteiger partial charge in [-0.15, -0.1) is 0 Å². The molecule has 0 radical (unpaired) electrons. The zero-order valence-corrected chi connectivity index (χ0v) is 11.6. The number of hydrogen-bond donors (Lipinski definition) is 2. The summed E-state index contributed by atoms with van der Waals surface area (Å²) in [4.78, 5) is 26.4. The summed E-state index contributed by atoms with van der Waals surface area (Å²) in [6.07, 6.45) is 0.691. The van der Waals surface area contributed by atoms with Gasteiger partial charge in [-0.25, -0.2) is 4.39 Å². The van der Waals surface area contributed by atoms with Gasteiger partial charge in [-0.1, -0.05) is 0 Å². The van der Waals surface area contributed by atoms with Crippen LogP contribution < -0.4 is 5.73 Å². The first kappa shape index (κ1) is 15.2. The first-order chi connectivity index (χ1) is 9.97. The van der Waals surface area contributed by atoms with Gasteiger partial charge >= 0.3 is 5.97 Å². The molecule has 1 aliphatic rings. The number of amides is 1. The summed E-state index contributed by atoms with van der Waals surface area (Å²) in [6.45, 7) is 2.05. The van der Waals surface area contributed by atoms with E-state index in [1.165, 1.54) is 12.1 Å². The smallest absolute Gasteiger partial charge is 0.317 e. The number of anilines is 1. The van der Waals surface area contributed by atoms with Crippen molar-refractivity contribution in [3.8, 4) is 0 Å². The van der Waals surface area contributed by atoms with Crippen molar-refractivity contribution in [1.29, 1.82) is 0 Å². The minimum atomic E-state index is -0.879. The molecule has 0 bridgehead atoms. The van der Waals surface area contributed by atoms with Gasteiger partial charge in [0.1, 0.15) is 5.82 Å². The maximum atomic E-state index is 13.4. The van der Waals surface area contributed by atoms with Crippen molar-refractivity contribution in [1.82, 2.24) is 9.80 Å². The van der Waals surface area contributed by atoms with Crippen molar-refractivity contribution in [3.05, 3.63) is 29.6 Å². The minimum absolute atomic E-state index is 0.00931. The van der Waals surface area contributed by atoms with Crippen LogP contribution in [-0.2, 0) is 4.79 Å². The van der Waals surface area contributed by atoms with E-state index >= 15 is 0 Å². The van der Waals surface area contributed by atoms with E-state index in [1.807, 2.05) is 0 Å². The zero-order valence-electron chi connectivity index (χ0n) is 11.6. The number of nitrogens with two attached hydrogens (primary N) is 1. The molecule has 0 aromatic heterocycles. The molecule has 1 aromatic rings. The topological polar surface area (TPSA) is 86.9 Å². The van der Waals surface area contributed by atoms with Gasteiger partial charge in [-0.2, -0.15) is 0 Å². The van der Waals surface area contributed by atoms with E-state index in [4.69, 9.17) is 10.8 Å². The molecule has 1 aromatic carbocycles. The first-order valence-corrected chi connectivity index (χ1v) is 6.76. The number of halogens is 1. The highest BCUT2D eigenvalue weighted by atomic mass is 19.1. The Hall–Kier alpha value is -2.15. The molecule has 7 heteroatoms. The molecule has 0 saturated carbocycles. The lowest BCUT2D eigenvalue weighted by Crippen LogP contribution is -2.36. The Labute approximate surface area is 121 Å². The molecule has 0 unspecified atom stereocenters. The van der Waals surface area contributed by atoms with Crippen molar-refractivity contribution in [2.24, 2.45) is 0 Å². The largest absolute Gasteiger partial charge is 0.480 e. The Balaban J connectivity index is 2.02. The summed E-state index contributed by atoms with van der Waals surface area (Å²) in [5.74, 6) is -1.75. The summed E-state index contributed by atoms with van der Waals surface area (Å²) in [5, 5.41) is 8.79. The molecule has 0 spiro atoms. The van der Waals surface area contributed by atoms with Gasteiger partial charge in [0.25, 0.3) is 5.91 Å². The van der Waals surface area contributed by atoms with Gasteiger partial charge in [-0.3, -0.25) is 14.5 Å². The lowest BCUT2D eigenvalue weighted by atomic mass is 10.1. The van der Waals surface area contributed by atoms with Crippen LogP contribution in [0.2, 0.25) is 0 Å². The van der Waals surface area contributed by atoms with Gasteiger partial charge in [0.05, 0.1) is 12.2 Å².